The Morgan fingerprint density at radius 1 is 1.26 bits per heavy atom. The predicted molar refractivity (Wildman–Crippen MR) is 87.5 cm³/mol. The van der Waals surface area contributed by atoms with Gasteiger partial charge in [0.05, 0.1) is 12.5 Å². The van der Waals surface area contributed by atoms with Crippen LogP contribution in [0, 0.1) is 5.41 Å². The van der Waals surface area contributed by atoms with Gasteiger partial charge in [-0.2, -0.15) is 0 Å². The van der Waals surface area contributed by atoms with Crippen LogP contribution < -0.4 is 10.4 Å². The van der Waals surface area contributed by atoms with Crippen molar-refractivity contribution in [3.05, 3.63) is 40.2 Å². The average molecular weight is 318 g/mol. The monoisotopic (exact) mass is 318 g/mol. The van der Waals surface area contributed by atoms with Crippen molar-refractivity contribution in [2.45, 2.75) is 40.2 Å². The molecule has 0 bridgehead atoms. The van der Waals surface area contributed by atoms with E-state index in [1.165, 1.54) is 6.07 Å². The summed E-state index contributed by atoms with van der Waals surface area (Å²) in [5, 5.41) is 0.728. The highest BCUT2D eigenvalue weighted by molar-refractivity contribution is 5.82. The summed E-state index contributed by atoms with van der Waals surface area (Å²) in [6.45, 7) is 5.79. The summed E-state index contributed by atoms with van der Waals surface area (Å²) in [6.07, 6.45) is 1.65. The molecular weight excluding hydrogens is 296 g/mol. The fraction of sp³-hybridized carbons (Fsp3) is 0.444. The minimum Gasteiger partial charge on any atom is -0.497 e. The predicted octanol–water partition coefficient (Wildman–Crippen LogP) is 3.67. The maximum atomic E-state index is 12.2. The second-order valence-electron chi connectivity index (χ2n) is 6.16. The molecule has 0 fully saturated rings. The van der Waals surface area contributed by atoms with Crippen molar-refractivity contribution in [2.75, 3.05) is 7.11 Å². The molecule has 0 radical (unpaired) electrons. The largest absolute Gasteiger partial charge is 0.497 e. The first kappa shape index (κ1) is 17.1. The van der Waals surface area contributed by atoms with Crippen LogP contribution in [-0.4, -0.2) is 13.1 Å². The Morgan fingerprint density at radius 3 is 2.65 bits per heavy atom. The highest BCUT2D eigenvalue weighted by atomic mass is 16.5. The Balaban J connectivity index is 2.26. The maximum absolute atomic E-state index is 12.2. The normalized spacial score (nSPS) is 11.5. The number of carbonyl (C=O) groups is 1. The molecule has 124 valence electrons. The van der Waals surface area contributed by atoms with Crippen LogP contribution in [0.4, 0.5) is 0 Å². The first-order valence-corrected chi connectivity index (χ1v) is 7.65. The first-order valence-electron chi connectivity index (χ1n) is 7.65. The Labute approximate surface area is 135 Å². The standard InChI is InChI=1S/C18H22O5/c1-5-8-18(2,3)17(20)22-11-12-9-16(19)23-15-10-13(21-4)6-7-14(12)15/h6-7,9-10H,5,8,11H2,1-4H3. The molecule has 0 atom stereocenters. The van der Waals surface area contributed by atoms with Gasteiger partial charge in [0, 0.05) is 23.1 Å². The number of methoxy groups -OCH3 is 1. The van der Waals surface area contributed by atoms with Gasteiger partial charge in [0.25, 0.3) is 0 Å². The minimum absolute atomic E-state index is 0.0421. The van der Waals surface area contributed by atoms with Crippen LogP contribution in [-0.2, 0) is 16.1 Å². The Hall–Kier alpha value is -2.30. The summed E-state index contributed by atoms with van der Waals surface area (Å²) >= 11 is 0. The van der Waals surface area contributed by atoms with E-state index >= 15 is 0 Å². The third kappa shape index (κ3) is 3.92. The molecular formula is C18H22O5. The van der Waals surface area contributed by atoms with Gasteiger partial charge in [0.1, 0.15) is 17.9 Å². The zero-order chi connectivity index (χ0) is 17.0. The average Bonchev–Trinajstić information content (AvgIpc) is 2.51. The van der Waals surface area contributed by atoms with Gasteiger partial charge in [-0.25, -0.2) is 4.79 Å². The van der Waals surface area contributed by atoms with Crippen LogP contribution in [0.25, 0.3) is 11.0 Å². The molecule has 0 saturated carbocycles. The molecule has 2 rings (SSSR count). The van der Waals surface area contributed by atoms with Gasteiger partial charge in [-0.05, 0) is 32.4 Å². The van der Waals surface area contributed by atoms with Crippen LogP contribution in [0.2, 0.25) is 0 Å². The molecule has 1 heterocycles. The Morgan fingerprint density at radius 2 is 2.00 bits per heavy atom. The number of esters is 1. The second kappa shape index (κ2) is 6.86. The molecule has 0 aliphatic heterocycles. The molecule has 5 nitrogen and oxygen atoms in total. The molecule has 0 amide bonds. The summed E-state index contributed by atoms with van der Waals surface area (Å²) in [7, 11) is 1.54. The number of hydrogen-bond acceptors (Lipinski definition) is 5. The molecule has 1 aromatic heterocycles. The first-order chi connectivity index (χ1) is 10.9. The summed E-state index contributed by atoms with van der Waals surface area (Å²) in [4.78, 5) is 23.9. The van der Waals surface area contributed by atoms with E-state index in [1.54, 1.807) is 25.3 Å². The third-order valence-electron chi connectivity index (χ3n) is 3.82. The summed E-state index contributed by atoms with van der Waals surface area (Å²) < 4.78 is 15.7. The van der Waals surface area contributed by atoms with E-state index in [-0.39, 0.29) is 12.6 Å². The molecule has 23 heavy (non-hydrogen) atoms. The van der Waals surface area contributed by atoms with Crippen molar-refractivity contribution in [3.8, 4) is 5.75 Å². The number of benzene rings is 1. The topological polar surface area (TPSA) is 65.7 Å². The Bertz CT molecular complexity index is 758. The van der Waals surface area contributed by atoms with Crippen molar-refractivity contribution in [1.29, 1.82) is 0 Å². The van der Waals surface area contributed by atoms with E-state index in [1.807, 2.05) is 20.8 Å². The second-order valence-corrected chi connectivity index (χ2v) is 6.16. The number of rotatable bonds is 6. The van der Waals surface area contributed by atoms with Crippen molar-refractivity contribution in [1.82, 2.24) is 0 Å². The number of fused-ring (bicyclic) bond motifs is 1. The molecule has 0 aliphatic carbocycles. The highest BCUT2D eigenvalue weighted by Crippen LogP contribution is 2.26. The van der Waals surface area contributed by atoms with Crippen LogP contribution in [0.3, 0.4) is 0 Å². The van der Waals surface area contributed by atoms with Gasteiger partial charge in [-0.1, -0.05) is 13.3 Å². The zero-order valence-electron chi connectivity index (χ0n) is 14.0. The van der Waals surface area contributed by atoms with Gasteiger partial charge in [0.2, 0.25) is 0 Å². The fourth-order valence-electron chi connectivity index (χ4n) is 2.52. The molecule has 0 aliphatic rings. The van der Waals surface area contributed by atoms with Gasteiger partial charge < -0.3 is 13.9 Å². The van der Waals surface area contributed by atoms with E-state index in [0.717, 1.165) is 18.2 Å². The SMILES string of the molecule is CCCC(C)(C)C(=O)OCc1cc(=O)oc2cc(OC)ccc12. The zero-order valence-corrected chi connectivity index (χ0v) is 14.0. The summed E-state index contributed by atoms with van der Waals surface area (Å²) in [5.74, 6) is 0.327. The molecule has 1 aromatic carbocycles. The van der Waals surface area contributed by atoms with E-state index < -0.39 is 11.0 Å². The van der Waals surface area contributed by atoms with Gasteiger partial charge in [-0.15, -0.1) is 0 Å². The van der Waals surface area contributed by atoms with E-state index in [4.69, 9.17) is 13.9 Å². The highest BCUT2D eigenvalue weighted by Gasteiger charge is 2.28. The van der Waals surface area contributed by atoms with Crippen LogP contribution in [0.1, 0.15) is 39.2 Å². The maximum Gasteiger partial charge on any atom is 0.336 e. The molecule has 0 unspecified atom stereocenters. The van der Waals surface area contributed by atoms with E-state index in [0.29, 0.717) is 16.9 Å². The fourth-order valence-corrected chi connectivity index (χ4v) is 2.52. The van der Waals surface area contributed by atoms with Crippen molar-refractivity contribution >= 4 is 16.9 Å². The summed E-state index contributed by atoms with van der Waals surface area (Å²) in [5.41, 5.74) is 0.0210. The Kier molecular flexibility index (Phi) is 5.08. The quantitative estimate of drug-likeness (QED) is 0.600. The molecule has 0 N–H and O–H groups in total. The lowest BCUT2D eigenvalue weighted by Gasteiger charge is -2.21. The van der Waals surface area contributed by atoms with Crippen LogP contribution in [0.5, 0.6) is 5.75 Å². The lowest BCUT2D eigenvalue weighted by atomic mass is 9.88. The van der Waals surface area contributed by atoms with Crippen LogP contribution in [0.15, 0.2) is 33.5 Å². The summed E-state index contributed by atoms with van der Waals surface area (Å²) in [6, 6.07) is 6.56. The lowest BCUT2D eigenvalue weighted by Crippen LogP contribution is -2.26. The van der Waals surface area contributed by atoms with Crippen molar-refractivity contribution < 1.29 is 18.7 Å². The van der Waals surface area contributed by atoms with Crippen molar-refractivity contribution in [2.24, 2.45) is 5.41 Å². The molecule has 0 saturated heterocycles. The number of carbonyl (C=O) groups excluding carboxylic acids is 1. The minimum atomic E-state index is -0.535. The van der Waals surface area contributed by atoms with Gasteiger partial charge in [-0.3, -0.25) is 4.79 Å². The molecule has 0 spiro atoms. The van der Waals surface area contributed by atoms with Crippen LogP contribution >= 0.6 is 0 Å². The third-order valence-corrected chi connectivity index (χ3v) is 3.82. The van der Waals surface area contributed by atoms with Gasteiger partial charge in [0.15, 0.2) is 0 Å². The van der Waals surface area contributed by atoms with E-state index in [2.05, 4.69) is 0 Å². The van der Waals surface area contributed by atoms with Crippen molar-refractivity contribution in [3.63, 3.8) is 0 Å². The lowest BCUT2D eigenvalue weighted by molar-refractivity contribution is -0.155. The molecule has 5 heteroatoms. The van der Waals surface area contributed by atoms with E-state index in [9.17, 15) is 9.59 Å². The smallest absolute Gasteiger partial charge is 0.336 e. The number of ether oxygens (including phenoxy) is 2. The number of hydrogen-bond donors (Lipinski definition) is 0. The van der Waals surface area contributed by atoms with Gasteiger partial charge >= 0.3 is 11.6 Å². The molecule has 2 aromatic rings.